The maximum absolute atomic E-state index is 12.5. The van der Waals surface area contributed by atoms with Crippen molar-refractivity contribution in [1.82, 2.24) is 9.38 Å². The minimum atomic E-state index is -0.537. The van der Waals surface area contributed by atoms with E-state index < -0.39 is 5.97 Å². The number of nitrogens with zero attached hydrogens (tertiary/aromatic N) is 2. The molecule has 0 saturated heterocycles. The molecule has 0 aliphatic rings. The van der Waals surface area contributed by atoms with Gasteiger partial charge in [0.2, 0.25) is 0 Å². The fourth-order valence-corrected chi connectivity index (χ4v) is 4.24. The first kappa shape index (κ1) is 21.6. The van der Waals surface area contributed by atoms with E-state index in [2.05, 4.69) is 4.98 Å². The van der Waals surface area contributed by atoms with Crippen LogP contribution in [0.1, 0.15) is 25.1 Å². The second-order valence-electron chi connectivity index (χ2n) is 7.29. The molecule has 4 aromatic rings. The molecule has 0 radical (unpaired) electrons. The highest BCUT2D eigenvalue weighted by molar-refractivity contribution is 7.23. The predicted molar refractivity (Wildman–Crippen MR) is 124 cm³/mol. The van der Waals surface area contributed by atoms with Crippen LogP contribution >= 0.6 is 11.3 Å². The molecular weight excluding hydrogens is 428 g/mol. The zero-order valence-electron chi connectivity index (χ0n) is 17.9. The smallest absolute Gasteiger partial charge is 0.331 e. The molecule has 0 bridgehead atoms. The van der Waals surface area contributed by atoms with E-state index in [1.807, 2.05) is 44.2 Å². The normalized spacial score (nSPS) is 11.5. The number of thiazole rings is 1. The van der Waals surface area contributed by atoms with Crippen molar-refractivity contribution in [3.8, 4) is 11.5 Å². The van der Waals surface area contributed by atoms with Crippen LogP contribution in [0.5, 0.6) is 11.5 Å². The number of hydrogen-bond donors (Lipinski definition) is 0. The molecular formula is C24H22N2O5S. The van der Waals surface area contributed by atoms with Crippen molar-refractivity contribution in [1.29, 1.82) is 0 Å². The average molecular weight is 451 g/mol. The van der Waals surface area contributed by atoms with Crippen molar-refractivity contribution in [3.63, 3.8) is 0 Å². The molecule has 8 heteroatoms. The molecule has 32 heavy (non-hydrogen) atoms. The third-order valence-corrected chi connectivity index (χ3v) is 5.59. The van der Waals surface area contributed by atoms with Crippen molar-refractivity contribution in [2.75, 3.05) is 7.11 Å². The molecule has 4 rings (SSSR count). The summed E-state index contributed by atoms with van der Waals surface area (Å²) < 4.78 is 18.8. The number of ether oxygens (including phenoxy) is 3. The lowest BCUT2D eigenvalue weighted by Gasteiger charge is -2.13. The Balaban J connectivity index is 1.45. The Kier molecular flexibility index (Phi) is 6.23. The van der Waals surface area contributed by atoms with Gasteiger partial charge in [0.25, 0.3) is 5.56 Å². The number of para-hydroxylation sites is 1. The number of rotatable bonds is 7. The molecule has 0 aliphatic carbocycles. The fraction of sp³-hybridized carbons (Fsp3) is 0.208. The van der Waals surface area contributed by atoms with Gasteiger partial charge in [-0.1, -0.05) is 29.5 Å². The molecule has 0 N–H and O–H groups in total. The summed E-state index contributed by atoms with van der Waals surface area (Å²) in [5, 5.41) is 0. The van der Waals surface area contributed by atoms with Crippen molar-refractivity contribution in [2.45, 2.75) is 26.6 Å². The maximum Gasteiger partial charge on any atom is 0.331 e. The molecule has 0 unspecified atom stereocenters. The highest BCUT2D eigenvalue weighted by atomic mass is 32.1. The van der Waals surface area contributed by atoms with Gasteiger partial charge in [0.15, 0.2) is 16.5 Å². The number of methoxy groups -OCH3 is 1. The Bertz CT molecular complexity index is 1370. The second kappa shape index (κ2) is 9.23. The molecule has 7 nitrogen and oxygen atoms in total. The molecule has 0 spiro atoms. The number of benzene rings is 2. The molecule has 2 aromatic heterocycles. The van der Waals surface area contributed by atoms with Crippen molar-refractivity contribution in [2.24, 2.45) is 0 Å². The van der Waals surface area contributed by atoms with Crippen LogP contribution in [0, 0.1) is 0 Å². The minimum absolute atomic E-state index is 0.0219. The van der Waals surface area contributed by atoms with Crippen LogP contribution < -0.4 is 15.0 Å². The molecule has 164 valence electrons. The summed E-state index contributed by atoms with van der Waals surface area (Å²) in [5.41, 5.74) is 1.78. The minimum Gasteiger partial charge on any atom is -0.493 e. The molecule has 0 fully saturated rings. The summed E-state index contributed by atoms with van der Waals surface area (Å²) in [7, 11) is 1.56. The highest BCUT2D eigenvalue weighted by Crippen LogP contribution is 2.29. The van der Waals surface area contributed by atoms with Gasteiger partial charge in [-0.25, -0.2) is 9.78 Å². The average Bonchev–Trinajstić information content (AvgIpc) is 3.15. The summed E-state index contributed by atoms with van der Waals surface area (Å²) in [6.45, 7) is 3.78. The monoisotopic (exact) mass is 450 g/mol. The first-order chi connectivity index (χ1) is 15.4. The highest BCUT2D eigenvalue weighted by Gasteiger charge is 2.11. The summed E-state index contributed by atoms with van der Waals surface area (Å²) in [4.78, 5) is 29.7. The van der Waals surface area contributed by atoms with E-state index >= 15 is 0 Å². The largest absolute Gasteiger partial charge is 0.493 e. The van der Waals surface area contributed by atoms with Gasteiger partial charge in [-0.2, -0.15) is 0 Å². The quantitative estimate of drug-likeness (QED) is 0.306. The van der Waals surface area contributed by atoms with Crippen LogP contribution in [0.3, 0.4) is 0 Å². The van der Waals surface area contributed by atoms with E-state index in [9.17, 15) is 9.59 Å². The molecule has 2 heterocycles. The van der Waals surface area contributed by atoms with Crippen molar-refractivity contribution >= 4 is 38.6 Å². The van der Waals surface area contributed by atoms with Crippen LogP contribution in [0.15, 0.2) is 59.4 Å². The summed E-state index contributed by atoms with van der Waals surface area (Å²) in [5.74, 6) is 0.677. The Hall–Kier alpha value is -3.65. The van der Waals surface area contributed by atoms with E-state index in [-0.39, 0.29) is 18.3 Å². The standard InChI is InChI=1S/C24H22N2O5S/c1-15(2)31-19-10-8-16(12-20(19)29-3)9-11-23(28)30-14-17-13-22(27)26-18-6-4-5-7-21(18)32-24(26)25-17/h4-13,15H,14H2,1-3H3/b11-9+. The van der Waals surface area contributed by atoms with E-state index in [1.165, 1.54) is 23.5 Å². The van der Waals surface area contributed by atoms with Gasteiger partial charge < -0.3 is 14.2 Å². The van der Waals surface area contributed by atoms with Crippen molar-refractivity contribution in [3.05, 3.63) is 76.2 Å². The number of aromatic nitrogens is 2. The first-order valence-electron chi connectivity index (χ1n) is 10.0. The van der Waals surface area contributed by atoms with Gasteiger partial charge in [-0.3, -0.25) is 9.20 Å². The molecule has 0 saturated carbocycles. The third kappa shape index (κ3) is 4.65. The van der Waals surface area contributed by atoms with Crippen LogP contribution in [-0.2, 0) is 16.1 Å². The van der Waals surface area contributed by atoms with Crippen molar-refractivity contribution < 1.29 is 19.0 Å². The lowest BCUT2D eigenvalue weighted by molar-refractivity contribution is -0.139. The van der Waals surface area contributed by atoms with Gasteiger partial charge in [-0.15, -0.1) is 0 Å². The van der Waals surface area contributed by atoms with Crippen LogP contribution in [0.2, 0.25) is 0 Å². The number of carbonyl (C=O) groups is 1. The number of fused-ring (bicyclic) bond motifs is 3. The molecule has 2 aromatic carbocycles. The van der Waals surface area contributed by atoms with Gasteiger partial charge in [0.05, 0.1) is 29.1 Å². The number of hydrogen-bond acceptors (Lipinski definition) is 7. The van der Waals surface area contributed by atoms with Crippen LogP contribution in [-0.4, -0.2) is 28.6 Å². The van der Waals surface area contributed by atoms with Gasteiger partial charge >= 0.3 is 5.97 Å². The lowest BCUT2D eigenvalue weighted by atomic mass is 10.2. The lowest BCUT2D eigenvalue weighted by Crippen LogP contribution is -2.15. The summed E-state index contributed by atoms with van der Waals surface area (Å²) in [6.07, 6.45) is 2.97. The maximum atomic E-state index is 12.5. The van der Waals surface area contributed by atoms with Gasteiger partial charge in [0.1, 0.15) is 6.61 Å². The topological polar surface area (TPSA) is 79.1 Å². The predicted octanol–water partition coefficient (Wildman–Crippen LogP) is 4.46. The molecule has 0 aliphatic heterocycles. The summed E-state index contributed by atoms with van der Waals surface area (Å²) in [6, 6.07) is 14.4. The number of carbonyl (C=O) groups excluding carboxylic acids is 1. The Morgan fingerprint density at radius 3 is 2.75 bits per heavy atom. The van der Waals surface area contributed by atoms with E-state index in [4.69, 9.17) is 14.2 Å². The Labute approximate surface area is 188 Å². The van der Waals surface area contributed by atoms with Crippen LogP contribution in [0.25, 0.3) is 21.3 Å². The zero-order valence-corrected chi connectivity index (χ0v) is 18.7. The van der Waals surface area contributed by atoms with Gasteiger partial charge in [0, 0.05) is 12.1 Å². The zero-order chi connectivity index (χ0) is 22.7. The second-order valence-corrected chi connectivity index (χ2v) is 8.30. The first-order valence-corrected chi connectivity index (χ1v) is 10.9. The fourth-order valence-electron chi connectivity index (χ4n) is 3.19. The molecule has 0 amide bonds. The molecule has 0 atom stereocenters. The third-order valence-electron chi connectivity index (χ3n) is 4.57. The Morgan fingerprint density at radius 1 is 1.16 bits per heavy atom. The Morgan fingerprint density at radius 2 is 1.97 bits per heavy atom. The van der Waals surface area contributed by atoms with E-state index in [0.717, 1.165) is 15.8 Å². The van der Waals surface area contributed by atoms with E-state index in [1.54, 1.807) is 29.7 Å². The van der Waals surface area contributed by atoms with Crippen LogP contribution in [0.4, 0.5) is 0 Å². The van der Waals surface area contributed by atoms with Gasteiger partial charge in [-0.05, 0) is 49.8 Å². The van der Waals surface area contributed by atoms with E-state index in [0.29, 0.717) is 22.2 Å². The number of esters is 1. The summed E-state index contributed by atoms with van der Waals surface area (Å²) >= 11 is 1.42. The SMILES string of the molecule is COc1cc(/C=C/C(=O)OCc2cc(=O)n3c(n2)sc2ccccc23)ccc1OC(C)C.